The Labute approximate surface area is 79.5 Å². The van der Waals surface area contributed by atoms with Gasteiger partial charge in [0.1, 0.15) is 5.54 Å². The van der Waals surface area contributed by atoms with Crippen LogP contribution in [0, 0.1) is 11.3 Å². The number of piperidine rings is 2. The van der Waals surface area contributed by atoms with Gasteiger partial charge in [0.25, 0.3) is 0 Å². The van der Waals surface area contributed by atoms with Gasteiger partial charge in [0.15, 0.2) is 0 Å². The molecule has 3 nitrogen and oxygen atoms in total. The Morgan fingerprint density at radius 1 is 1.38 bits per heavy atom. The van der Waals surface area contributed by atoms with Crippen LogP contribution in [-0.2, 0) is 0 Å². The Bertz CT molecular complexity index is 229. The van der Waals surface area contributed by atoms with Crippen molar-refractivity contribution >= 4 is 0 Å². The van der Waals surface area contributed by atoms with E-state index in [9.17, 15) is 0 Å². The molecule has 2 aliphatic heterocycles. The summed E-state index contributed by atoms with van der Waals surface area (Å²) in [6.45, 7) is 0. The molecule has 2 saturated heterocycles. The summed E-state index contributed by atoms with van der Waals surface area (Å²) in [6, 6.07) is 3.39. The first-order valence-corrected chi connectivity index (χ1v) is 5.07. The highest BCUT2D eigenvalue weighted by molar-refractivity contribution is 5.12. The summed E-state index contributed by atoms with van der Waals surface area (Å²) in [5, 5.41) is 9.00. The minimum Gasteiger partial charge on any atom is -0.313 e. The highest BCUT2D eigenvalue weighted by Gasteiger charge is 2.42. The second-order valence-corrected chi connectivity index (χ2v) is 4.58. The topological polar surface area (TPSA) is 53.0 Å². The summed E-state index contributed by atoms with van der Waals surface area (Å²) in [4.78, 5) is 2.42. The van der Waals surface area contributed by atoms with Crippen molar-refractivity contribution in [2.24, 2.45) is 5.73 Å². The predicted molar refractivity (Wildman–Crippen MR) is 51.0 cm³/mol. The second kappa shape index (κ2) is 2.97. The maximum atomic E-state index is 9.00. The SMILES string of the molecule is CN1C2CCCC1CC(N)(C#N)C2. The normalized spacial score (nSPS) is 45.6. The molecule has 2 aliphatic rings. The van der Waals surface area contributed by atoms with Gasteiger partial charge in [0, 0.05) is 12.1 Å². The summed E-state index contributed by atoms with van der Waals surface area (Å²) in [5.41, 5.74) is 5.48. The minimum absolute atomic E-state index is 0.539. The number of nitrogens with zero attached hydrogens (tertiary/aromatic N) is 2. The number of nitriles is 1. The molecule has 3 heteroatoms. The third-order valence-corrected chi connectivity index (χ3v) is 3.65. The van der Waals surface area contributed by atoms with Gasteiger partial charge in [-0.05, 0) is 32.7 Å². The average Bonchev–Trinajstić information content (AvgIpc) is 2.08. The molecule has 13 heavy (non-hydrogen) atoms. The largest absolute Gasteiger partial charge is 0.313 e. The van der Waals surface area contributed by atoms with Crippen molar-refractivity contribution in [2.45, 2.75) is 49.7 Å². The molecule has 2 fully saturated rings. The zero-order chi connectivity index (χ0) is 9.47. The van der Waals surface area contributed by atoms with E-state index in [0.717, 1.165) is 12.8 Å². The number of fused-ring (bicyclic) bond motifs is 2. The van der Waals surface area contributed by atoms with Gasteiger partial charge in [-0.15, -0.1) is 0 Å². The quantitative estimate of drug-likeness (QED) is 0.600. The lowest BCUT2D eigenvalue weighted by atomic mass is 9.75. The Kier molecular flexibility index (Phi) is 2.05. The van der Waals surface area contributed by atoms with Crippen LogP contribution in [0.25, 0.3) is 0 Å². The van der Waals surface area contributed by atoms with Crippen molar-refractivity contribution < 1.29 is 0 Å². The van der Waals surface area contributed by atoms with Gasteiger partial charge in [-0.2, -0.15) is 5.26 Å². The molecule has 0 aromatic heterocycles. The second-order valence-electron chi connectivity index (χ2n) is 4.58. The van der Waals surface area contributed by atoms with E-state index in [-0.39, 0.29) is 0 Å². The summed E-state index contributed by atoms with van der Waals surface area (Å²) in [6.07, 6.45) is 5.45. The average molecular weight is 179 g/mol. The molecule has 2 atom stereocenters. The Morgan fingerprint density at radius 3 is 2.38 bits per heavy atom. The molecule has 0 radical (unpaired) electrons. The molecule has 0 spiro atoms. The Balaban J connectivity index is 2.17. The van der Waals surface area contributed by atoms with E-state index in [1.54, 1.807) is 0 Å². The van der Waals surface area contributed by atoms with E-state index >= 15 is 0 Å². The van der Waals surface area contributed by atoms with Crippen LogP contribution in [0.3, 0.4) is 0 Å². The Hall–Kier alpha value is -0.590. The summed E-state index contributed by atoms with van der Waals surface area (Å²) in [7, 11) is 2.17. The zero-order valence-electron chi connectivity index (χ0n) is 8.16. The number of rotatable bonds is 0. The van der Waals surface area contributed by atoms with Gasteiger partial charge in [-0.1, -0.05) is 6.42 Å². The van der Waals surface area contributed by atoms with Gasteiger partial charge < -0.3 is 10.6 Å². The zero-order valence-corrected chi connectivity index (χ0v) is 8.16. The maximum Gasteiger partial charge on any atom is 0.107 e. The molecule has 2 N–H and O–H groups in total. The Morgan fingerprint density at radius 2 is 1.92 bits per heavy atom. The van der Waals surface area contributed by atoms with Gasteiger partial charge in [-0.25, -0.2) is 0 Å². The fourth-order valence-electron chi connectivity index (χ4n) is 2.80. The molecule has 2 heterocycles. The fourth-order valence-corrected chi connectivity index (χ4v) is 2.80. The smallest absolute Gasteiger partial charge is 0.107 e. The molecule has 0 aliphatic carbocycles. The fraction of sp³-hybridized carbons (Fsp3) is 0.900. The molecular formula is C10H17N3. The van der Waals surface area contributed by atoms with Crippen LogP contribution < -0.4 is 5.73 Å². The van der Waals surface area contributed by atoms with Crippen LogP contribution in [0.2, 0.25) is 0 Å². The minimum atomic E-state index is -0.539. The number of nitrogens with two attached hydrogens (primary N) is 1. The van der Waals surface area contributed by atoms with Gasteiger partial charge in [0.05, 0.1) is 6.07 Å². The molecule has 0 saturated carbocycles. The van der Waals surface area contributed by atoms with E-state index in [4.69, 9.17) is 11.0 Å². The van der Waals surface area contributed by atoms with Crippen LogP contribution in [0.5, 0.6) is 0 Å². The molecule has 0 amide bonds. The highest BCUT2D eigenvalue weighted by Crippen LogP contribution is 2.36. The highest BCUT2D eigenvalue weighted by atomic mass is 15.2. The van der Waals surface area contributed by atoms with E-state index in [2.05, 4.69) is 18.0 Å². The first-order valence-electron chi connectivity index (χ1n) is 5.07. The van der Waals surface area contributed by atoms with Crippen LogP contribution in [0.1, 0.15) is 32.1 Å². The molecule has 2 unspecified atom stereocenters. The van der Waals surface area contributed by atoms with Crippen LogP contribution in [0.4, 0.5) is 0 Å². The molecule has 0 aromatic rings. The van der Waals surface area contributed by atoms with Crippen molar-refractivity contribution in [3.05, 3.63) is 0 Å². The van der Waals surface area contributed by atoms with Crippen molar-refractivity contribution in [2.75, 3.05) is 7.05 Å². The van der Waals surface area contributed by atoms with Crippen molar-refractivity contribution in [1.82, 2.24) is 4.90 Å². The molecule has 2 rings (SSSR count). The van der Waals surface area contributed by atoms with Crippen molar-refractivity contribution in [3.8, 4) is 6.07 Å². The standard InChI is InChI=1S/C10H17N3/c1-13-8-3-2-4-9(13)6-10(12,5-8)7-11/h8-9H,2-6,12H2,1H3. The van der Waals surface area contributed by atoms with Gasteiger partial charge >= 0.3 is 0 Å². The molecular weight excluding hydrogens is 162 g/mol. The van der Waals surface area contributed by atoms with Crippen molar-refractivity contribution in [3.63, 3.8) is 0 Å². The summed E-state index contributed by atoms with van der Waals surface area (Å²) in [5.74, 6) is 0. The van der Waals surface area contributed by atoms with E-state index in [1.807, 2.05) is 0 Å². The monoisotopic (exact) mass is 179 g/mol. The van der Waals surface area contributed by atoms with Crippen LogP contribution in [0.15, 0.2) is 0 Å². The molecule has 2 bridgehead atoms. The van der Waals surface area contributed by atoms with Gasteiger partial charge in [-0.3, -0.25) is 0 Å². The van der Waals surface area contributed by atoms with E-state index in [0.29, 0.717) is 12.1 Å². The van der Waals surface area contributed by atoms with Crippen LogP contribution >= 0.6 is 0 Å². The van der Waals surface area contributed by atoms with Crippen LogP contribution in [-0.4, -0.2) is 29.6 Å². The van der Waals surface area contributed by atoms with Gasteiger partial charge in [0.2, 0.25) is 0 Å². The maximum absolute atomic E-state index is 9.00. The first kappa shape index (κ1) is 8.98. The third-order valence-electron chi connectivity index (χ3n) is 3.65. The summed E-state index contributed by atoms with van der Waals surface area (Å²) >= 11 is 0. The number of hydrogen-bond acceptors (Lipinski definition) is 3. The lowest BCUT2D eigenvalue weighted by molar-refractivity contribution is 0.0402. The molecule has 72 valence electrons. The predicted octanol–water partition coefficient (Wildman–Crippen LogP) is 0.854. The summed E-state index contributed by atoms with van der Waals surface area (Å²) < 4.78 is 0. The molecule has 0 aromatic carbocycles. The number of hydrogen-bond donors (Lipinski definition) is 1. The van der Waals surface area contributed by atoms with E-state index in [1.165, 1.54) is 19.3 Å². The third kappa shape index (κ3) is 1.45. The van der Waals surface area contributed by atoms with E-state index < -0.39 is 5.54 Å². The lowest BCUT2D eigenvalue weighted by Crippen LogP contribution is -2.59. The first-order chi connectivity index (χ1) is 6.14. The van der Waals surface area contributed by atoms with Crippen molar-refractivity contribution in [1.29, 1.82) is 5.26 Å². The lowest BCUT2D eigenvalue weighted by Gasteiger charge is -2.48.